The van der Waals surface area contributed by atoms with E-state index in [2.05, 4.69) is 25.4 Å². The molecule has 0 aliphatic carbocycles. The minimum atomic E-state index is -0.378. The lowest BCUT2D eigenvalue weighted by atomic mass is 10.3. The van der Waals surface area contributed by atoms with Gasteiger partial charge in [0.15, 0.2) is 11.3 Å². The van der Waals surface area contributed by atoms with Crippen molar-refractivity contribution in [2.75, 3.05) is 18.5 Å². The molecular formula is C15H18N6O2S. The van der Waals surface area contributed by atoms with Gasteiger partial charge in [0.2, 0.25) is 0 Å². The fourth-order valence-electron chi connectivity index (χ4n) is 2.28. The average Bonchev–Trinajstić information content (AvgIpc) is 3.15. The lowest BCUT2D eigenvalue weighted by Gasteiger charge is -2.06. The van der Waals surface area contributed by atoms with Crippen LogP contribution in [0.2, 0.25) is 0 Å². The van der Waals surface area contributed by atoms with Crippen LogP contribution in [0.5, 0.6) is 0 Å². The Morgan fingerprint density at radius 3 is 3.00 bits per heavy atom. The third-order valence-electron chi connectivity index (χ3n) is 3.37. The van der Waals surface area contributed by atoms with E-state index in [1.165, 1.54) is 11.3 Å². The zero-order valence-electron chi connectivity index (χ0n) is 13.7. The van der Waals surface area contributed by atoms with Gasteiger partial charge in [0.05, 0.1) is 23.2 Å². The molecule has 0 amide bonds. The van der Waals surface area contributed by atoms with Gasteiger partial charge in [-0.2, -0.15) is 5.10 Å². The van der Waals surface area contributed by atoms with Crippen LogP contribution in [-0.2, 0) is 18.2 Å². The van der Waals surface area contributed by atoms with Gasteiger partial charge in [-0.25, -0.2) is 19.7 Å². The second kappa shape index (κ2) is 6.91. The Morgan fingerprint density at radius 2 is 2.21 bits per heavy atom. The molecule has 0 saturated carbocycles. The third-order valence-corrected chi connectivity index (χ3v) is 4.28. The Balaban J connectivity index is 1.66. The highest BCUT2D eigenvalue weighted by Gasteiger charge is 2.12. The number of anilines is 1. The molecule has 9 heteroatoms. The molecular weight excluding hydrogens is 328 g/mol. The predicted octanol–water partition coefficient (Wildman–Crippen LogP) is 1.96. The average molecular weight is 346 g/mol. The first-order chi connectivity index (χ1) is 11.6. The van der Waals surface area contributed by atoms with E-state index in [0.29, 0.717) is 31.1 Å². The third kappa shape index (κ3) is 3.35. The number of hydrogen-bond donors (Lipinski definition) is 1. The number of rotatable bonds is 6. The summed E-state index contributed by atoms with van der Waals surface area (Å²) in [6.45, 7) is 4.62. The van der Waals surface area contributed by atoms with Gasteiger partial charge < -0.3 is 10.1 Å². The van der Waals surface area contributed by atoms with Crippen LogP contribution in [0.3, 0.4) is 0 Å². The molecule has 0 atom stereocenters. The van der Waals surface area contributed by atoms with Crippen molar-refractivity contribution >= 4 is 34.2 Å². The summed E-state index contributed by atoms with van der Waals surface area (Å²) in [6.07, 6.45) is 2.44. The monoisotopic (exact) mass is 346 g/mol. The molecule has 0 saturated heterocycles. The number of aromatic nitrogens is 5. The number of aryl methyl sites for hydroxylation is 2. The Kier molecular flexibility index (Phi) is 4.70. The van der Waals surface area contributed by atoms with Crippen molar-refractivity contribution in [2.24, 2.45) is 7.05 Å². The minimum absolute atomic E-state index is 0.349. The quantitative estimate of drug-likeness (QED) is 0.682. The summed E-state index contributed by atoms with van der Waals surface area (Å²) in [4.78, 5) is 24.7. The summed E-state index contributed by atoms with van der Waals surface area (Å²) in [7, 11) is 1.85. The zero-order valence-corrected chi connectivity index (χ0v) is 14.6. The van der Waals surface area contributed by atoms with Gasteiger partial charge in [-0.1, -0.05) is 0 Å². The van der Waals surface area contributed by atoms with Crippen LogP contribution in [0.15, 0.2) is 11.6 Å². The second-order valence-corrected chi connectivity index (χ2v) is 6.09. The summed E-state index contributed by atoms with van der Waals surface area (Å²) in [6, 6.07) is 0. The molecule has 126 valence electrons. The van der Waals surface area contributed by atoms with Gasteiger partial charge >= 0.3 is 5.97 Å². The van der Waals surface area contributed by atoms with Crippen molar-refractivity contribution in [2.45, 2.75) is 20.3 Å². The number of thiazole rings is 1. The second-order valence-electron chi connectivity index (χ2n) is 5.15. The number of ether oxygens (including phenoxy) is 1. The molecule has 3 aromatic rings. The molecule has 0 aromatic carbocycles. The molecule has 0 unspecified atom stereocenters. The van der Waals surface area contributed by atoms with Crippen molar-refractivity contribution in [1.82, 2.24) is 24.7 Å². The number of fused-ring (bicyclic) bond motifs is 1. The lowest BCUT2D eigenvalue weighted by Crippen LogP contribution is -2.09. The van der Waals surface area contributed by atoms with E-state index in [4.69, 9.17) is 4.74 Å². The molecule has 3 heterocycles. The maximum Gasteiger partial charge on any atom is 0.357 e. The van der Waals surface area contributed by atoms with E-state index in [-0.39, 0.29) is 5.97 Å². The van der Waals surface area contributed by atoms with Crippen molar-refractivity contribution in [1.29, 1.82) is 0 Å². The maximum atomic E-state index is 11.6. The van der Waals surface area contributed by atoms with Gasteiger partial charge in [-0.05, 0) is 13.8 Å². The van der Waals surface area contributed by atoms with E-state index in [1.54, 1.807) is 23.2 Å². The lowest BCUT2D eigenvalue weighted by molar-refractivity contribution is 0.0520. The first-order valence-electron chi connectivity index (χ1n) is 7.60. The molecule has 24 heavy (non-hydrogen) atoms. The van der Waals surface area contributed by atoms with Crippen molar-refractivity contribution in [3.05, 3.63) is 28.1 Å². The van der Waals surface area contributed by atoms with Crippen LogP contribution in [-0.4, -0.2) is 43.9 Å². The molecule has 0 spiro atoms. The largest absolute Gasteiger partial charge is 0.461 e. The van der Waals surface area contributed by atoms with Gasteiger partial charge in [0, 0.05) is 25.4 Å². The van der Waals surface area contributed by atoms with Crippen molar-refractivity contribution in [3.8, 4) is 0 Å². The van der Waals surface area contributed by atoms with Crippen molar-refractivity contribution in [3.63, 3.8) is 0 Å². The summed E-state index contributed by atoms with van der Waals surface area (Å²) < 4.78 is 6.67. The standard InChI is InChI=1S/C15H18N6O2S/c1-4-23-15(22)11-8-24-12(20-11)5-6-16-13-10-7-17-21(3)14(10)19-9(2)18-13/h7-8H,4-6H2,1-3H3,(H,16,18,19). The summed E-state index contributed by atoms with van der Waals surface area (Å²) in [5, 5.41) is 11.0. The van der Waals surface area contributed by atoms with Crippen LogP contribution in [0.25, 0.3) is 11.0 Å². The summed E-state index contributed by atoms with van der Waals surface area (Å²) in [5.74, 6) is 1.07. The summed E-state index contributed by atoms with van der Waals surface area (Å²) in [5.41, 5.74) is 1.16. The van der Waals surface area contributed by atoms with Crippen LogP contribution < -0.4 is 5.32 Å². The fraction of sp³-hybridized carbons (Fsp3) is 0.400. The highest BCUT2D eigenvalue weighted by Crippen LogP contribution is 2.19. The number of nitrogens with zero attached hydrogens (tertiary/aromatic N) is 5. The van der Waals surface area contributed by atoms with E-state index >= 15 is 0 Å². The number of nitrogens with one attached hydrogen (secondary N) is 1. The number of carbonyl (C=O) groups excluding carboxylic acids is 1. The van der Waals surface area contributed by atoms with E-state index in [9.17, 15) is 4.79 Å². The molecule has 0 radical (unpaired) electrons. The molecule has 0 bridgehead atoms. The molecule has 3 aromatic heterocycles. The van der Waals surface area contributed by atoms with Crippen LogP contribution in [0, 0.1) is 6.92 Å². The number of esters is 1. The Bertz CT molecular complexity index is 872. The van der Waals surface area contributed by atoms with Gasteiger partial charge in [-0.15, -0.1) is 11.3 Å². The molecule has 0 aliphatic rings. The maximum absolute atomic E-state index is 11.6. The molecule has 0 fully saturated rings. The minimum Gasteiger partial charge on any atom is -0.461 e. The highest BCUT2D eigenvalue weighted by molar-refractivity contribution is 7.09. The molecule has 3 rings (SSSR count). The Hall–Kier alpha value is -2.55. The molecule has 1 N–H and O–H groups in total. The van der Waals surface area contributed by atoms with E-state index < -0.39 is 0 Å². The molecule has 8 nitrogen and oxygen atoms in total. The van der Waals surface area contributed by atoms with Crippen molar-refractivity contribution < 1.29 is 9.53 Å². The smallest absolute Gasteiger partial charge is 0.357 e. The Labute approximate surface area is 142 Å². The van der Waals surface area contributed by atoms with Crippen LogP contribution >= 0.6 is 11.3 Å². The SMILES string of the molecule is CCOC(=O)c1csc(CCNc2nc(C)nc3c2cnn3C)n1. The highest BCUT2D eigenvalue weighted by atomic mass is 32.1. The zero-order chi connectivity index (χ0) is 17.1. The van der Waals surface area contributed by atoms with Gasteiger partial charge in [0.25, 0.3) is 0 Å². The normalized spacial score (nSPS) is 11.0. The molecule has 0 aliphatic heterocycles. The first kappa shape index (κ1) is 16.3. The Morgan fingerprint density at radius 1 is 1.38 bits per heavy atom. The summed E-state index contributed by atoms with van der Waals surface area (Å²) >= 11 is 1.45. The van der Waals surface area contributed by atoms with E-state index in [1.807, 2.05) is 14.0 Å². The van der Waals surface area contributed by atoms with Crippen LogP contribution in [0.1, 0.15) is 28.2 Å². The van der Waals surface area contributed by atoms with Crippen LogP contribution in [0.4, 0.5) is 5.82 Å². The van der Waals surface area contributed by atoms with E-state index in [0.717, 1.165) is 21.9 Å². The van der Waals surface area contributed by atoms with Gasteiger partial charge in [0.1, 0.15) is 11.6 Å². The number of hydrogen-bond acceptors (Lipinski definition) is 8. The first-order valence-corrected chi connectivity index (χ1v) is 8.48. The predicted molar refractivity (Wildman–Crippen MR) is 91.3 cm³/mol. The fourth-order valence-corrected chi connectivity index (χ4v) is 3.05. The topological polar surface area (TPSA) is 94.8 Å². The van der Waals surface area contributed by atoms with Gasteiger partial charge in [-0.3, -0.25) is 4.68 Å². The number of carbonyl (C=O) groups is 1.